The zero-order valence-corrected chi connectivity index (χ0v) is 15.1. The summed E-state index contributed by atoms with van der Waals surface area (Å²) in [4.78, 5) is 17.0. The van der Waals surface area contributed by atoms with E-state index in [1.54, 1.807) is 24.3 Å². The highest BCUT2D eigenvalue weighted by atomic mass is 35.5. The lowest BCUT2D eigenvalue weighted by molar-refractivity contribution is 0.102. The van der Waals surface area contributed by atoms with E-state index in [1.807, 2.05) is 23.6 Å². The maximum absolute atomic E-state index is 12.6. The Morgan fingerprint density at radius 2 is 1.92 bits per heavy atom. The quantitative estimate of drug-likeness (QED) is 0.701. The first kappa shape index (κ1) is 17.3. The van der Waals surface area contributed by atoms with Gasteiger partial charge < -0.3 is 9.47 Å². The minimum Gasteiger partial charge on any atom is -0.493 e. The SMILES string of the molecule is COc1cccc(C(=O)Nc2nc(-c3ccccc3Cl)cs2)c1OC. The standard InChI is InChI=1S/C18H15ClN2O3S/c1-23-15-9-5-7-12(16(15)24-2)17(22)21-18-20-14(10-25-18)11-6-3-4-8-13(11)19/h3-10H,1-2H3,(H,20,21,22). The van der Waals surface area contributed by atoms with Crippen LogP contribution in [0.1, 0.15) is 10.4 Å². The molecule has 0 radical (unpaired) electrons. The molecule has 0 saturated carbocycles. The molecule has 1 heterocycles. The van der Waals surface area contributed by atoms with Gasteiger partial charge in [-0.1, -0.05) is 35.9 Å². The van der Waals surface area contributed by atoms with E-state index in [1.165, 1.54) is 25.6 Å². The average Bonchev–Trinajstić information content (AvgIpc) is 3.09. The van der Waals surface area contributed by atoms with Gasteiger partial charge in [-0.2, -0.15) is 0 Å². The van der Waals surface area contributed by atoms with E-state index in [2.05, 4.69) is 10.3 Å². The Balaban J connectivity index is 1.85. The van der Waals surface area contributed by atoms with Crippen LogP contribution in [0.3, 0.4) is 0 Å². The molecule has 1 N–H and O–H groups in total. The maximum Gasteiger partial charge on any atom is 0.261 e. The Morgan fingerprint density at radius 3 is 2.64 bits per heavy atom. The normalized spacial score (nSPS) is 10.4. The number of hydrogen-bond donors (Lipinski definition) is 1. The van der Waals surface area contributed by atoms with Crippen LogP contribution >= 0.6 is 22.9 Å². The van der Waals surface area contributed by atoms with E-state index >= 15 is 0 Å². The van der Waals surface area contributed by atoms with Gasteiger partial charge in [0.1, 0.15) is 0 Å². The van der Waals surface area contributed by atoms with Gasteiger partial charge >= 0.3 is 0 Å². The molecule has 0 fully saturated rings. The minimum atomic E-state index is -0.323. The van der Waals surface area contributed by atoms with Gasteiger partial charge in [0.05, 0.1) is 25.5 Å². The predicted molar refractivity (Wildman–Crippen MR) is 100 cm³/mol. The topological polar surface area (TPSA) is 60.5 Å². The highest BCUT2D eigenvalue weighted by Gasteiger charge is 2.18. The summed E-state index contributed by atoms with van der Waals surface area (Å²) < 4.78 is 10.5. The fraction of sp³-hybridized carbons (Fsp3) is 0.111. The summed E-state index contributed by atoms with van der Waals surface area (Å²) in [5, 5.41) is 5.72. The first-order valence-corrected chi connectivity index (χ1v) is 8.62. The van der Waals surface area contributed by atoms with Crippen molar-refractivity contribution in [3.8, 4) is 22.8 Å². The minimum absolute atomic E-state index is 0.323. The van der Waals surface area contributed by atoms with Crippen LogP contribution in [0.2, 0.25) is 5.02 Å². The molecule has 0 aliphatic carbocycles. The van der Waals surface area contributed by atoms with Gasteiger partial charge in [-0.05, 0) is 18.2 Å². The molecule has 3 aromatic rings. The Morgan fingerprint density at radius 1 is 1.12 bits per heavy atom. The van der Waals surface area contributed by atoms with Crippen molar-refractivity contribution in [1.82, 2.24) is 4.98 Å². The van der Waals surface area contributed by atoms with E-state index in [-0.39, 0.29) is 5.91 Å². The van der Waals surface area contributed by atoms with Crippen LogP contribution in [0, 0.1) is 0 Å². The van der Waals surface area contributed by atoms with Crippen molar-refractivity contribution >= 4 is 34.0 Å². The van der Waals surface area contributed by atoms with Crippen LogP contribution in [0.4, 0.5) is 5.13 Å². The van der Waals surface area contributed by atoms with Crippen LogP contribution in [-0.4, -0.2) is 25.1 Å². The average molecular weight is 375 g/mol. The summed E-state index contributed by atoms with van der Waals surface area (Å²) in [6, 6.07) is 12.6. The fourth-order valence-electron chi connectivity index (χ4n) is 2.35. The van der Waals surface area contributed by atoms with Crippen molar-refractivity contribution < 1.29 is 14.3 Å². The lowest BCUT2D eigenvalue weighted by Crippen LogP contribution is -2.13. The molecule has 3 rings (SSSR count). The molecular weight excluding hydrogens is 360 g/mol. The molecule has 128 valence electrons. The van der Waals surface area contributed by atoms with Gasteiger partial charge in [-0.3, -0.25) is 10.1 Å². The largest absolute Gasteiger partial charge is 0.493 e. The number of ether oxygens (including phenoxy) is 2. The van der Waals surface area contributed by atoms with Crippen molar-refractivity contribution in [2.75, 3.05) is 19.5 Å². The number of carbonyl (C=O) groups is 1. The summed E-state index contributed by atoms with van der Waals surface area (Å²) in [6.45, 7) is 0. The number of halogens is 1. The second kappa shape index (κ2) is 7.55. The van der Waals surface area contributed by atoms with Gasteiger partial charge in [-0.25, -0.2) is 4.98 Å². The Kier molecular flexibility index (Phi) is 5.21. The number of nitrogens with one attached hydrogen (secondary N) is 1. The third kappa shape index (κ3) is 3.60. The summed E-state index contributed by atoms with van der Waals surface area (Å²) >= 11 is 7.52. The summed E-state index contributed by atoms with van der Waals surface area (Å²) in [5.41, 5.74) is 1.90. The maximum atomic E-state index is 12.6. The summed E-state index contributed by atoms with van der Waals surface area (Å²) in [5.74, 6) is 0.548. The molecule has 0 aliphatic rings. The number of benzene rings is 2. The van der Waals surface area contributed by atoms with Crippen LogP contribution in [0.25, 0.3) is 11.3 Å². The summed E-state index contributed by atoms with van der Waals surface area (Å²) in [6.07, 6.45) is 0. The zero-order valence-electron chi connectivity index (χ0n) is 13.6. The molecule has 1 aromatic heterocycles. The first-order valence-electron chi connectivity index (χ1n) is 7.36. The van der Waals surface area contributed by atoms with Gasteiger partial charge in [0.15, 0.2) is 16.6 Å². The number of carbonyl (C=O) groups excluding carboxylic acids is 1. The summed E-state index contributed by atoms with van der Waals surface area (Å²) in [7, 11) is 3.02. The third-order valence-electron chi connectivity index (χ3n) is 3.52. The van der Waals surface area contributed by atoms with Crippen LogP contribution in [0.5, 0.6) is 11.5 Å². The number of methoxy groups -OCH3 is 2. The monoisotopic (exact) mass is 374 g/mol. The molecule has 0 aliphatic heterocycles. The number of nitrogens with zero attached hydrogens (tertiary/aromatic N) is 1. The van der Waals surface area contributed by atoms with Crippen molar-refractivity contribution in [2.24, 2.45) is 0 Å². The molecule has 5 nitrogen and oxygen atoms in total. The first-order chi connectivity index (χ1) is 12.1. The Bertz CT molecular complexity index is 911. The lowest BCUT2D eigenvalue weighted by atomic mass is 10.1. The van der Waals surface area contributed by atoms with Gasteiger partial charge in [0.25, 0.3) is 5.91 Å². The molecule has 0 bridgehead atoms. The number of rotatable bonds is 5. The molecule has 0 spiro atoms. The highest BCUT2D eigenvalue weighted by molar-refractivity contribution is 7.14. The van der Waals surface area contributed by atoms with E-state index < -0.39 is 0 Å². The van der Waals surface area contributed by atoms with Crippen LogP contribution < -0.4 is 14.8 Å². The molecule has 7 heteroatoms. The Hall–Kier alpha value is -2.57. The van der Waals surface area contributed by atoms with Crippen molar-refractivity contribution in [2.45, 2.75) is 0 Å². The lowest BCUT2D eigenvalue weighted by Gasteiger charge is -2.11. The van der Waals surface area contributed by atoms with Crippen LogP contribution in [0.15, 0.2) is 47.8 Å². The van der Waals surface area contributed by atoms with Gasteiger partial charge in [0.2, 0.25) is 0 Å². The molecule has 1 amide bonds. The van der Waals surface area contributed by atoms with E-state index in [9.17, 15) is 4.79 Å². The second-order valence-corrected chi connectivity index (χ2v) is 6.28. The van der Waals surface area contributed by atoms with Crippen molar-refractivity contribution in [3.05, 3.63) is 58.4 Å². The van der Waals surface area contributed by atoms with Gasteiger partial charge in [-0.15, -0.1) is 11.3 Å². The Labute approximate surface area is 154 Å². The number of aromatic nitrogens is 1. The van der Waals surface area contributed by atoms with E-state index in [0.717, 1.165) is 5.56 Å². The van der Waals surface area contributed by atoms with Crippen molar-refractivity contribution in [3.63, 3.8) is 0 Å². The molecule has 0 atom stereocenters. The number of amides is 1. The number of para-hydroxylation sites is 1. The number of anilines is 1. The molecule has 2 aromatic carbocycles. The predicted octanol–water partition coefficient (Wildman–Crippen LogP) is 4.73. The molecule has 0 unspecified atom stereocenters. The molecule has 25 heavy (non-hydrogen) atoms. The second-order valence-electron chi connectivity index (χ2n) is 5.01. The van der Waals surface area contributed by atoms with Crippen LogP contribution in [-0.2, 0) is 0 Å². The van der Waals surface area contributed by atoms with E-state index in [0.29, 0.717) is 32.9 Å². The third-order valence-corrected chi connectivity index (χ3v) is 4.61. The molecular formula is C18H15ClN2O3S. The smallest absolute Gasteiger partial charge is 0.261 e. The van der Waals surface area contributed by atoms with E-state index in [4.69, 9.17) is 21.1 Å². The highest BCUT2D eigenvalue weighted by Crippen LogP contribution is 2.33. The van der Waals surface area contributed by atoms with Crippen molar-refractivity contribution in [1.29, 1.82) is 0 Å². The number of thiazole rings is 1. The fourth-order valence-corrected chi connectivity index (χ4v) is 3.29. The number of hydrogen-bond acceptors (Lipinski definition) is 5. The van der Waals surface area contributed by atoms with Gasteiger partial charge in [0, 0.05) is 16.0 Å². The molecule has 0 saturated heterocycles. The zero-order chi connectivity index (χ0) is 17.8.